The summed E-state index contributed by atoms with van der Waals surface area (Å²) < 4.78 is 4.54. The normalized spacial score (nSPS) is 12.2. The molecule has 1 atom stereocenters. The topological polar surface area (TPSA) is 46.5 Å². The Hall–Kier alpha value is -1.00. The van der Waals surface area contributed by atoms with Gasteiger partial charge in [0.25, 0.3) is 0 Å². The molecule has 0 saturated heterocycles. The Bertz CT molecular complexity index is 336. The van der Waals surface area contributed by atoms with Crippen molar-refractivity contribution in [1.82, 2.24) is 0 Å². The van der Waals surface area contributed by atoms with Crippen LogP contribution in [-0.4, -0.2) is 23.9 Å². The van der Waals surface area contributed by atoms with Crippen molar-refractivity contribution in [3.63, 3.8) is 0 Å². The lowest BCUT2D eigenvalue weighted by molar-refractivity contribution is -0.137. The maximum atomic E-state index is 10.9. The van der Waals surface area contributed by atoms with Gasteiger partial charge in [-0.2, -0.15) is 0 Å². The number of benzene rings is 1. The Labute approximate surface area is 93.4 Å². The Kier molecular flexibility index (Phi) is 4.65. The maximum absolute atomic E-state index is 10.9. The van der Waals surface area contributed by atoms with Crippen LogP contribution in [0.5, 0.6) is 0 Å². The van der Waals surface area contributed by atoms with Crippen molar-refractivity contribution in [2.24, 2.45) is 0 Å². The van der Waals surface area contributed by atoms with Crippen LogP contribution in [0.15, 0.2) is 29.2 Å². The van der Waals surface area contributed by atoms with Gasteiger partial charge >= 0.3 is 5.97 Å². The molecule has 0 amide bonds. The van der Waals surface area contributed by atoms with Crippen molar-refractivity contribution in [2.75, 3.05) is 12.9 Å². The van der Waals surface area contributed by atoms with Crippen molar-refractivity contribution in [3.8, 4) is 0 Å². The number of rotatable bonds is 4. The highest BCUT2D eigenvalue weighted by molar-refractivity contribution is 8.00. The molecule has 82 valence electrons. The summed E-state index contributed by atoms with van der Waals surface area (Å²) in [7, 11) is 1.37. The number of carbonyl (C=O) groups excluding carboxylic acids is 1. The van der Waals surface area contributed by atoms with Crippen LogP contribution in [0.4, 0.5) is 0 Å². The summed E-state index contributed by atoms with van der Waals surface area (Å²) in [4.78, 5) is 11.9. The lowest BCUT2D eigenvalue weighted by atomic mass is 10.1. The van der Waals surface area contributed by atoms with Gasteiger partial charge in [0.05, 0.1) is 19.0 Å². The van der Waals surface area contributed by atoms with Crippen molar-refractivity contribution >= 4 is 17.7 Å². The summed E-state index contributed by atoms with van der Waals surface area (Å²) in [6, 6.07) is 7.49. The van der Waals surface area contributed by atoms with Crippen LogP contribution in [0.1, 0.15) is 18.6 Å². The number of aliphatic hydroxyl groups is 1. The first-order valence-electron chi connectivity index (χ1n) is 4.61. The molecule has 1 N–H and O–H groups in total. The van der Waals surface area contributed by atoms with Crippen molar-refractivity contribution < 1.29 is 14.6 Å². The molecule has 0 fully saturated rings. The summed E-state index contributed by atoms with van der Waals surface area (Å²) in [5, 5.41) is 9.37. The number of aliphatic hydroxyl groups excluding tert-OH is 1. The van der Waals surface area contributed by atoms with E-state index >= 15 is 0 Å². The van der Waals surface area contributed by atoms with Crippen LogP contribution in [0.3, 0.4) is 0 Å². The molecule has 0 heterocycles. The van der Waals surface area contributed by atoms with Crippen molar-refractivity contribution in [3.05, 3.63) is 29.8 Å². The summed E-state index contributed by atoms with van der Waals surface area (Å²) in [6.07, 6.45) is -0.483. The predicted octanol–water partition coefficient (Wildman–Crippen LogP) is 2.00. The van der Waals surface area contributed by atoms with Crippen molar-refractivity contribution in [1.29, 1.82) is 0 Å². The molecule has 0 spiro atoms. The summed E-state index contributed by atoms with van der Waals surface area (Å²) in [6.45, 7) is 1.71. The van der Waals surface area contributed by atoms with Crippen molar-refractivity contribution in [2.45, 2.75) is 17.9 Å². The molecule has 1 aromatic carbocycles. The molecular formula is C11H14O3S. The van der Waals surface area contributed by atoms with Gasteiger partial charge in [-0.15, -0.1) is 11.8 Å². The fourth-order valence-corrected chi connectivity index (χ4v) is 1.86. The van der Waals surface area contributed by atoms with E-state index in [0.717, 1.165) is 10.5 Å². The third-order valence-electron chi connectivity index (χ3n) is 1.92. The summed E-state index contributed by atoms with van der Waals surface area (Å²) >= 11 is 1.40. The molecule has 0 aliphatic heterocycles. The first-order valence-corrected chi connectivity index (χ1v) is 5.59. The SMILES string of the molecule is COC(=O)CSc1cccc(C(C)O)c1. The molecule has 0 aliphatic rings. The predicted molar refractivity (Wildman–Crippen MR) is 59.8 cm³/mol. The molecule has 0 aliphatic carbocycles. The minimum absolute atomic E-state index is 0.248. The molecule has 1 unspecified atom stereocenters. The van der Waals surface area contributed by atoms with Gasteiger partial charge in [-0.1, -0.05) is 12.1 Å². The second-order valence-electron chi connectivity index (χ2n) is 3.11. The van der Waals surface area contributed by atoms with E-state index in [1.165, 1.54) is 18.9 Å². The van der Waals surface area contributed by atoms with Gasteiger partial charge in [0.15, 0.2) is 0 Å². The average Bonchev–Trinajstić information content (AvgIpc) is 2.26. The van der Waals surface area contributed by atoms with Gasteiger partial charge in [0.1, 0.15) is 0 Å². The zero-order valence-corrected chi connectivity index (χ0v) is 9.58. The van der Waals surface area contributed by atoms with Crippen LogP contribution in [0.2, 0.25) is 0 Å². The van der Waals surface area contributed by atoms with E-state index in [2.05, 4.69) is 4.74 Å². The number of carbonyl (C=O) groups is 1. The first kappa shape index (κ1) is 12.1. The third-order valence-corrected chi connectivity index (χ3v) is 2.89. The first-order chi connectivity index (χ1) is 7.13. The van der Waals surface area contributed by atoms with Gasteiger partial charge in [0, 0.05) is 4.90 Å². The van der Waals surface area contributed by atoms with Crippen LogP contribution in [0, 0.1) is 0 Å². The van der Waals surface area contributed by atoms with Gasteiger partial charge in [-0.3, -0.25) is 4.79 Å². The maximum Gasteiger partial charge on any atom is 0.315 e. The number of thioether (sulfide) groups is 1. The van der Waals surface area contributed by atoms with Gasteiger partial charge < -0.3 is 9.84 Å². The van der Waals surface area contributed by atoms with E-state index in [0.29, 0.717) is 5.75 Å². The zero-order valence-electron chi connectivity index (χ0n) is 8.77. The molecule has 3 nitrogen and oxygen atoms in total. The Balaban J connectivity index is 2.61. The summed E-state index contributed by atoms with van der Waals surface area (Å²) in [5.74, 6) is 0.0437. The number of hydrogen-bond donors (Lipinski definition) is 1. The van der Waals surface area contributed by atoms with E-state index in [4.69, 9.17) is 0 Å². The lowest BCUT2D eigenvalue weighted by Gasteiger charge is -2.06. The fraction of sp³-hybridized carbons (Fsp3) is 0.364. The highest BCUT2D eigenvalue weighted by Crippen LogP contribution is 2.22. The second-order valence-corrected chi connectivity index (χ2v) is 4.16. The highest BCUT2D eigenvalue weighted by Gasteiger charge is 2.04. The third kappa shape index (κ3) is 3.93. The number of methoxy groups -OCH3 is 1. The molecule has 0 radical (unpaired) electrons. The van der Waals surface area contributed by atoms with E-state index in [9.17, 15) is 9.90 Å². The zero-order chi connectivity index (χ0) is 11.3. The molecule has 0 aromatic heterocycles. The Morgan fingerprint density at radius 2 is 2.33 bits per heavy atom. The van der Waals surface area contributed by atoms with Crippen LogP contribution in [0.25, 0.3) is 0 Å². The number of esters is 1. The quantitative estimate of drug-likeness (QED) is 0.630. The van der Waals surface area contributed by atoms with E-state index in [1.807, 2.05) is 24.3 Å². The average molecular weight is 226 g/mol. The van der Waals surface area contributed by atoms with Gasteiger partial charge in [0.2, 0.25) is 0 Å². The molecule has 1 aromatic rings. The molecular weight excluding hydrogens is 212 g/mol. The summed E-state index contributed by atoms with van der Waals surface area (Å²) in [5.41, 5.74) is 0.852. The molecule has 0 saturated carbocycles. The van der Waals surface area contributed by atoms with E-state index < -0.39 is 6.10 Å². The minimum Gasteiger partial charge on any atom is -0.468 e. The highest BCUT2D eigenvalue weighted by atomic mass is 32.2. The molecule has 0 bridgehead atoms. The van der Waals surface area contributed by atoms with Crippen LogP contribution in [-0.2, 0) is 9.53 Å². The molecule has 4 heteroatoms. The molecule has 15 heavy (non-hydrogen) atoms. The Morgan fingerprint density at radius 3 is 2.93 bits per heavy atom. The monoisotopic (exact) mass is 226 g/mol. The van der Waals surface area contributed by atoms with Gasteiger partial charge in [-0.25, -0.2) is 0 Å². The van der Waals surface area contributed by atoms with Gasteiger partial charge in [-0.05, 0) is 24.6 Å². The van der Waals surface area contributed by atoms with E-state index in [1.54, 1.807) is 6.92 Å². The lowest BCUT2D eigenvalue weighted by Crippen LogP contribution is -2.02. The second kappa shape index (κ2) is 5.78. The smallest absolute Gasteiger partial charge is 0.315 e. The number of ether oxygens (including phenoxy) is 1. The number of hydrogen-bond acceptors (Lipinski definition) is 4. The Morgan fingerprint density at radius 1 is 1.60 bits per heavy atom. The van der Waals surface area contributed by atoms with Crippen LogP contribution >= 0.6 is 11.8 Å². The van der Waals surface area contributed by atoms with Crippen LogP contribution < -0.4 is 0 Å². The minimum atomic E-state index is -0.483. The molecule has 1 rings (SSSR count). The van der Waals surface area contributed by atoms with E-state index in [-0.39, 0.29) is 5.97 Å². The fourth-order valence-electron chi connectivity index (χ4n) is 1.07. The largest absolute Gasteiger partial charge is 0.468 e. The standard InChI is InChI=1S/C11H14O3S/c1-8(12)9-4-3-5-10(6-9)15-7-11(13)14-2/h3-6,8,12H,7H2,1-2H3.